The summed E-state index contributed by atoms with van der Waals surface area (Å²) >= 11 is 0. The second-order valence-corrected chi connectivity index (χ2v) is 7.19. The topological polar surface area (TPSA) is 90.9 Å². The molecular formula is C24H17NO6. The number of para-hydroxylation sites is 2. The minimum absolute atomic E-state index is 0.0635. The molecule has 31 heavy (non-hydrogen) atoms. The van der Waals surface area contributed by atoms with Gasteiger partial charge in [0, 0.05) is 16.7 Å². The molecule has 0 saturated heterocycles. The molecule has 0 bridgehead atoms. The quantitative estimate of drug-likeness (QED) is 0.516. The van der Waals surface area contributed by atoms with Gasteiger partial charge < -0.3 is 19.5 Å². The van der Waals surface area contributed by atoms with E-state index >= 15 is 0 Å². The Bertz CT molecular complexity index is 1170. The SMILES string of the molecule is O=C1COc2ccc(C(=O)COC(=O)C3c4ccccc4Oc4ccccc43)cc2N1. The van der Waals surface area contributed by atoms with Crippen molar-refractivity contribution in [1.82, 2.24) is 0 Å². The van der Waals surface area contributed by atoms with Crippen LogP contribution in [0.2, 0.25) is 0 Å². The predicted molar refractivity (Wildman–Crippen MR) is 111 cm³/mol. The number of anilines is 1. The highest BCUT2D eigenvalue weighted by molar-refractivity contribution is 6.02. The number of amides is 1. The van der Waals surface area contributed by atoms with Crippen LogP contribution in [0.4, 0.5) is 5.69 Å². The average molecular weight is 415 g/mol. The van der Waals surface area contributed by atoms with Crippen LogP contribution >= 0.6 is 0 Å². The summed E-state index contributed by atoms with van der Waals surface area (Å²) in [5.41, 5.74) is 2.10. The van der Waals surface area contributed by atoms with Gasteiger partial charge in [-0.25, -0.2) is 0 Å². The molecule has 7 heteroatoms. The fourth-order valence-electron chi connectivity index (χ4n) is 3.72. The first-order chi connectivity index (χ1) is 15.1. The number of nitrogens with one attached hydrogen (secondary N) is 1. The van der Waals surface area contributed by atoms with Crippen LogP contribution in [0.25, 0.3) is 0 Å². The lowest BCUT2D eigenvalue weighted by molar-refractivity contribution is -0.143. The minimum atomic E-state index is -0.690. The summed E-state index contributed by atoms with van der Waals surface area (Å²) in [4.78, 5) is 37.2. The second kappa shape index (κ2) is 7.60. The molecule has 2 aliphatic rings. The second-order valence-electron chi connectivity index (χ2n) is 7.19. The molecule has 0 unspecified atom stereocenters. The van der Waals surface area contributed by atoms with E-state index in [2.05, 4.69) is 5.32 Å². The van der Waals surface area contributed by atoms with E-state index in [1.807, 2.05) is 36.4 Å². The Morgan fingerprint density at radius 1 is 0.935 bits per heavy atom. The van der Waals surface area contributed by atoms with Gasteiger partial charge in [-0.2, -0.15) is 0 Å². The van der Waals surface area contributed by atoms with E-state index in [0.717, 1.165) is 0 Å². The third kappa shape index (κ3) is 3.50. The van der Waals surface area contributed by atoms with Gasteiger partial charge in [-0.05, 0) is 30.3 Å². The number of ketones is 1. The van der Waals surface area contributed by atoms with E-state index in [9.17, 15) is 14.4 Å². The summed E-state index contributed by atoms with van der Waals surface area (Å²) < 4.78 is 16.6. The van der Waals surface area contributed by atoms with E-state index in [-0.39, 0.29) is 18.3 Å². The molecule has 1 N–H and O–H groups in total. The molecule has 0 spiro atoms. The molecule has 0 aromatic heterocycles. The molecular weight excluding hydrogens is 398 g/mol. The molecule has 3 aromatic carbocycles. The van der Waals surface area contributed by atoms with Gasteiger partial charge in [0.1, 0.15) is 23.2 Å². The summed E-state index contributed by atoms with van der Waals surface area (Å²) in [5, 5.41) is 2.66. The fraction of sp³-hybridized carbons (Fsp3) is 0.125. The number of fused-ring (bicyclic) bond motifs is 3. The van der Waals surface area contributed by atoms with Crippen LogP contribution in [-0.4, -0.2) is 30.9 Å². The van der Waals surface area contributed by atoms with Crippen LogP contribution < -0.4 is 14.8 Å². The maximum Gasteiger partial charge on any atom is 0.318 e. The summed E-state index contributed by atoms with van der Waals surface area (Å²) in [6, 6.07) is 19.2. The Morgan fingerprint density at radius 3 is 2.32 bits per heavy atom. The van der Waals surface area contributed by atoms with Crippen LogP contribution in [0.5, 0.6) is 17.2 Å². The van der Waals surface area contributed by atoms with Crippen molar-refractivity contribution in [2.75, 3.05) is 18.5 Å². The normalized spacial score (nSPS) is 14.1. The molecule has 1 amide bonds. The summed E-state index contributed by atoms with van der Waals surface area (Å²) in [5.74, 6) is -0.246. The first-order valence-electron chi connectivity index (χ1n) is 9.72. The number of carbonyl (C=O) groups excluding carboxylic acids is 3. The van der Waals surface area contributed by atoms with Crippen molar-refractivity contribution in [3.8, 4) is 17.2 Å². The maximum atomic E-state index is 13.0. The summed E-state index contributed by atoms with van der Waals surface area (Å²) in [7, 11) is 0. The first-order valence-corrected chi connectivity index (χ1v) is 9.72. The summed E-state index contributed by atoms with van der Waals surface area (Å²) in [6.45, 7) is -0.486. The van der Waals surface area contributed by atoms with E-state index in [4.69, 9.17) is 14.2 Å². The number of hydrogen-bond donors (Lipinski definition) is 1. The molecule has 0 saturated carbocycles. The van der Waals surface area contributed by atoms with Crippen LogP contribution in [0.15, 0.2) is 66.7 Å². The highest BCUT2D eigenvalue weighted by Crippen LogP contribution is 2.44. The number of benzene rings is 3. The van der Waals surface area contributed by atoms with Gasteiger partial charge in [0.05, 0.1) is 5.69 Å². The molecule has 2 aliphatic heterocycles. The molecule has 7 nitrogen and oxygen atoms in total. The van der Waals surface area contributed by atoms with E-state index in [0.29, 0.717) is 39.6 Å². The monoisotopic (exact) mass is 415 g/mol. The zero-order valence-electron chi connectivity index (χ0n) is 16.3. The third-order valence-electron chi connectivity index (χ3n) is 5.20. The number of carbonyl (C=O) groups is 3. The van der Waals surface area contributed by atoms with Crippen molar-refractivity contribution >= 4 is 23.3 Å². The van der Waals surface area contributed by atoms with Crippen LogP contribution in [-0.2, 0) is 14.3 Å². The molecule has 3 aromatic rings. The lowest BCUT2D eigenvalue weighted by Gasteiger charge is -2.26. The largest absolute Gasteiger partial charge is 0.482 e. The lowest BCUT2D eigenvalue weighted by Crippen LogP contribution is -2.26. The van der Waals surface area contributed by atoms with Crippen molar-refractivity contribution in [1.29, 1.82) is 0 Å². The molecule has 2 heterocycles. The standard InChI is InChI=1S/C24H17NO6/c26-18(14-9-10-21-17(11-14)25-22(27)13-29-21)12-30-24(28)23-15-5-1-3-7-19(15)31-20-8-4-2-6-16(20)23/h1-11,23H,12-13H2,(H,25,27). The third-order valence-corrected chi connectivity index (χ3v) is 5.20. The molecule has 0 atom stereocenters. The van der Waals surface area contributed by atoms with Gasteiger partial charge in [-0.1, -0.05) is 36.4 Å². The Morgan fingerprint density at radius 2 is 1.61 bits per heavy atom. The molecule has 154 valence electrons. The molecule has 0 radical (unpaired) electrons. The van der Waals surface area contributed by atoms with E-state index < -0.39 is 18.5 Å². The molecule has 5 rings (SSSR count). The van der Waals surface area contributed by atoms with Gasteiger partial charge in [0.2, 0.25) is 0 Å². The van der Waals surface area contributed by atoms with Gasteiger partial charge in [-0.15, -0.1) is 0 Å². The number of hydrogen-bond acceptors (Lipinski definition) is 6. The smallest absolute Gasteiger partial charge is 0.318 e. The zero-order valence-corrected chi connectivity index (χ0v) is 16.3. The van der Waals surface area contributed by atoms with Crippen molar-refractivity contribution < 1.29 is 28.6 Å². The number of ether oxygens (including phenoxy) is 3. The Balaban J connectivity index is 1.35. The maximum absolute atomic E-state index is 13.0. The number of esters is 1. The fourth-order valence-corrected chi connectivity index (χ4v) is 3.72. The van der Waals surface area contributed by atoms with Gasteiger partial charge >= 0.3 is 5.97 Å². The van der Waals surface area contributed by atoms with Gasteiger partial charge in [0.15, 0.2) is 19.0 Å². The molecule has 0 aliphatic carbocycles. The number of Topliss-reactive ketones (excluding diaryl/α,β-unsaturated/α-hetero) is 1. The van der Waals surface area contributed by atoms with Crippen molar-refractivity contribution in [2.45, 2.75) is 5.92 Å². The summed E-state index contributed by atoms with van der Waals surface area (Å²) in [6.07, 6.45) is 0. The van der Waals surface area contributed by atoms with Crippen LogP contribution in [0.3, 0.4) is 0 Å². The zero-order chi connectivity index (χ0) is 21.4. The average Bonchev–Trinajstić information content (AvgIpc) is 2.80. The van der Waals surface area contributed by atoms with Crippen LogP contribution in [0, 0.1) is 0 Å². The Hall–Kier alpha value is -4.13. The highest BCUT2D eigenvalue weighted by atomic mass is 16.5. The van der Waals surface area contributed by atoms with Crippen molar-refractivity contribution in [3.63, 3.8) is 0 Å². The Kier molecular flexibility index (Phi) is 4.63. The minimum Gasteiger partial charge on any atom is -0.482 e. The first kappa shape index (κ1) is 18.9. The van der Waals surface area contributed by atoms with Gasteiger partial charge in [-0.3, -0.25) is 14.4 Å². The van der Waals surface area contributed by atoms with Gasteiger partial charge in [0.25, 0.3) is 5.91 Å². The van der Waals surface area contributed by atoms with Crippen LogP contribution in [0.1, 0.15) is 27.4 Å². The Labute approximate surface area is 177 Å². The van der Waals surface area contributed by atoms with E-state index in [1.165, 1.54) is 6.07 Å². The highest BCUT2D eigenvalue weighted by Gasteiger charge is 2.34. The number of rotatable bonds is 4. The molecule has 0 fully saturated rings. The van der Waals surface area contributed by atoms with Crippen molar-refractivity contribution in [3.05, 3.63) is 83.4 Å². The van der Waals surface area contributed by atoms with E-state index in [1.54, 1.807) is 24.3 Å². The lowest BCUT2D eigenvalue weighted by atomic mass is 9.88. The van der Waals surface area contributed by atoms with Crippen molar-refractivity contribution in [2.24, 2.45) is 0 Å². The predicted octanol–water partition coefficient (Wildman–Crippen LogP) is 3.68.